The molecule has 3 nitrogen and oxygen atoms in total. The van der Waals surface area contributed by atoms with Crippen molar-refractivity contribution in [3.05, 3.63) is 23.8 Å². The predicted molar refractivity (Wildman–Crippen MR) is 71.5 cm³/mol. The molecule has 0 spiro atoms. The zero-order chi connectivity index (χ0) is 12.4. The summed E-state index contributed by atoms with van der Waals surface area (Å²) in [5.41, 5.74) is 1.37. The Morgan fingerprint density at radius 1 is 1.17 bits per heavy atom. The molecule has 1 unspecified atom stereocenters. The molecule has 1 saturated carbocycles. The molecule has 1 aliphatic heterocycles. The van der Waals surface area contributed by atoms with E-state index in [9.17, 15) is 0 Å². The maximum absolute atomic E-state index is 5.93. The smallest absolute Gasteiger partial charge is 0.161 e. The highest BCUT2D eigenvalue weighted by Gasteiger charge is 2.25. The first-order valence-corrected chi connectivity index (χ1v) is 6.92. The quantitative estimate of drug-likeness (QED) is 0.887. The Bertz CT molecular complexity index is 409. The molecule has 3 rings (SSSR count). The highest BCUT2D eigenvalue weighted by atomic mass is 16.5. The van der Waals surface area contributed by atoms with Gasteiger partial charge in [-0.25, -0.2) is 0 Å². The van der Waals surface area contributed by atoms with Gasteiger partial charge in [-0.1, -0.05) is 6.07 Å². The van der Waals surface area contributed by atoms with Crippen LogP contribution in [0.2, 0.25) is 0 Å². The fourth-order valence-electron chi connectivity index (χ4n) is 2.54. The third-order valence-corrected chi connectivity index (χ3v) is 3.77. The highest BCUT2D eigenvalue weighted by Crippen LogP contribution is 2.36. The summed E-state index contributed by atoms with van der Waals surface area (Å²) in [6, 6.07) is 6.40. The molecular formula is C15H21NO2. The van der Waals surface area contributed by atoms with Crippen molar-refractivity contribution in [2.24, 2.45) is 0 Å². The van der Waals surface area contributed by atoms with Crippen LogP contribution in [0.15, 0.2) is 18.2 Å². The number of hydrogen-bond donors (Lipinski definition) is 1. The van der Waals surface area contributed by atoms with Crippen LogP contribution in [0.25, 0.3) is 0 Å². The summed E-state index contributed by atoms with van der Waals surface area (Å²) >= 11 is 0. The zero-order valence-corrected chi connectivity index (χ0v) is 10.9. The second-order valence-electron chi connectivity index (χ2n) is 5.27. The molecule has 1 N–H and O–H groups in total. The van der Waals surface area contributed by atoms with Crippen molar-refractivity contribution in [2.45, 2.75) is 37.7 Å². The van der Waals surface area contributed by atoms with Crippen molar-refractivity contribution in [3.8, 4) is 11.5 Å². The summed E-state index contributed by atoms with van der Waals surface area (Å²) in [5, 5.41) is 3.46. The average Bonchev–Trinajstić information content (AvgIpc) is 3.24. The predicted octanol–water partition coefficient (Wildman–Crippen LogP) is 2.70. The van der Waals surface area contributed by atoms with Crippen LogP contribution in [0.4, 0.5) is 0 Å². The van der Waals surface area contributed by atoms with Gasteiger partial charge >= 0.3 is 0 Å². The molecule has 2 fully saturated rings. The van der Waals surface area contributed by atoms with E-state index in [0.29, 0.717) is 12.0 Å². The van der Waals surface area contributed by atoms with Gasteiger partial charge in [-0.15, -0.1) is 0 Å². The van der Waals surface area contributed by atoms with Crippen molar-refractivity contribution in [2.75, 3.05) is 20.2 Å². The second-order valence-corrected chi connectivity index (χ2v) is 5.27. The summed E-state index contributed by atoms with van der Waals surface area (Å²) in [6.45, 7) is 2.23. The Labute approximate surface area is 108 Å². The van der Waals surface area contributed by atoms with Gasteiger partial charge in [0.05, 0.1) is 13.2 Å². The largest absolute Gasteiger partial charge is 0.493 e. The number of ether oxygens (including phenoxy) is 2. The van der Waals surface area contributed by atoms with Crippen LogP contribution in [0.1, 0.15) is 37.2 Å². The van der Waals surface area contributed by atoms with E-state index in [4.69, 9.17) is 9.47 Å². The summed E-state index contributed by atoms with van der Waals surface area (Å²) < 4.78 is 11.3. The minimum atomic E-state index is 0.415. The summed E-state index contributed by atoms with van der Waals surface area (Å²) in [7, 11) is 1.71. The van der Waals surface area contributed by atoms with Crippen LogP contribution in [-0.4, -0.2) is 26.3 Å². The minimum Gasteiger partial charge on any atom is -0.493 e. The van der Waals surface area contributed by atoms with E-state index >= 15 is 0 Å². The summed E-state index contributed by atoms with van der Waals surface area (Å²) in [4.78, 5) is 0. The van der Waals surface area contributed by atoms with E-state index in [0.717, 1.165) is 24.6 Å². The first-order valence-electron chi connectivity index (χ1n) is 6.92. The third-order valence-electron chi connectivity index (χ3n) is 3.77. The van der Waals surface area contributed by atoms with E-state index < -0.39 is 0 Å². The number of methoxy groups -OCH3 is 1. The SMILES string of the molecule is COc1ccc(C2CCCNC2)cc1OC1CC1. The molecule has 3 heteroatoms. The standard InChI is InChI=1S/C15H21NO2/c1-17-14-7-4-11(12-3-2-8-16-10-12)9-15(14)18-13-5-6-13/h4,7,9,12-13,16H,2-3,5-6,8,10H2,1H3. The first-order chi connectivity index (χ1) is 8.86. The number of piperidine rings is 1. The molecule has 1 aromatic rings. The van der Waals surface area contributed by atoms with Crippen LogP contribution in [-0.2, 0) is 0 Å². The van der Waals surface area contributed by atoms with Gasteiger partial charge < -0.3 is 14.8 Å². The Morgan fingerprint density at radius 3 is 2.72 bits per heavy atom. The lowest BCUT2D eigenvalue weighted by Crippen LogP contribution is -2.28. The monoisotopic (exact) mass is 247 g/mol. The van der Waals surface area contributed by atoms with Gasteiger partial charge in [-0.2, -0.15) is 0 Å². The van der Waals surface area contributed by atoms with Crippen LogP contribution in [0.3, 0.4) is 0 Å². The molecule has 1 heterocycles. The topological polar surface area (TPSA) is 30.5 Å². The van der Waals surface area contributed by atoms with Gasteiger partial charge in [0, 0.05) is 6.54 Å². The number of benzene rings is 1. The molecule has 0 amide bonds. The normalized spacial score (nSPS) is 23.7. The first kappa shape index (κ1) is 11.8. The van der Waals surface area contributed by atoms with E-state index in [1.807, 2.05) is 6.07 Å². The number of nitrogens with one attached hydrogen (secondary N) is 1. The van der Waals surface area contributed by atoms with E-state index in [2.05, 4.69) is 17.4 Å². The molecular weight excluding hydrogens is 226 g/mol. The lowest BCUT2D eigenvalue weighted by atomic mass is 9.91. The number of rotatable bonds is 4. The van der Waals surface area contributed by atoms with Gasteiger partial charge in [0.15, 0.2) is 11.5 Å². The van der Waals surface area contributed by atoms with E-state index in [-0.39, 0.29) is 0 Å². The molecule has 1 atom stereocenters. The maximum Gasteiger partial charge on any atom is 0.161 e. The Morgan fingerprint density at radius 2 is 2.06 bits per heavy atom. The van der Waals surface area contributed by atoms with Gasteiger partial charge in [0.1, 0.15) is 0 Å². The van der Waals surface area contributed by atoms with Gasteiger partial charge in [0.2, 0.25) is 0 Å². The molecule has 1 saturated heterocycles. The Kier molecular flexibility index (Phi) is 3.41. The van der Waals surface area contributed by atoms with Crippen molar-refractivity contribution >= 4 is 0 Å². The molecule has 18 heavy (non-hydrogen) atoms. The summed E-state index contributed by atoms with van der Waals surface area (Å²) in [5.74, 6) is 2.39. The molecule has 98 valence electrons. The lowest BCUT2D eigenvalue weighted by Gasteiger charge is -2.24. The fraction of sp³-hybridized carbons (Fsp3) is 0.600. The van der Waals surface area contributed by atoms with Crippen LogP contribution < -0.4 is 14.8 Å². The Balaban J connectivity index is 1.80. The molecule has 1 aromatic carbocycles. The van der Waals surface area contributed by atoms with E-state index in [1.54, 1.807) is 7.11 Å². The third kappa shape index (κ3) is 2.61. The lowest BCUT2D eigenvalue weighted by molar-refractivity contribution is 0.281. The van der Waals surface area contributed by atoms with Gasteiger partial charge in [-0.3, -0.25) is 0 Å². The number of hydrogen-bond acceptors (Lipinski definition) is 3. The van der Waals surface area contributed by atoms with Gasteiger partial charge in [-0.05, 0) is 55.8 Å². The molecule has 1 aliphatic carbocycles. The fourth-order valence-corrected chi connectivity index (χ4v) is 2.54. The van der Waals surface area contributed by atoms with Crippen molar-refractivity contribution in [3.63, 3.8) is 0 Å². The average molecular weight is 247 g/mol. The minimum absolute atomic E-state index is 0.415. The molecule has 2 aliphatic rings. The maximum atomic E-state index is 5.93. The highest BCUT2D eigenvalue weighted by molar-refractivity contribution is 5.44. The Hall–Kier alpha value is -1.22. The molecule has 0 aromatic heterocycles. The molecule has 0 radical (unpaired) electrons. The van der Waals surface area contributed by atoms with Crippen molar-refractivity contribution < 1.29 is 9.47 Å². The van der Waals surface area contributed by atoms with Crippen molar-refractivity contribution in [1.82, 2.24) is 5.32 Å². The van der Waals surface area contributed by atoms with Crippen LogP contribution >= 0.6 is 0 Å². The van der Waals surface area contributed by atoms with Crippen LogP contribution in [0, 0.1) is 0 Å². The van der Waals surface area contributed by atoms with Crippen LogP contribution in [0.5, 0.6) is 11.5 Å². The molecule has 0 bridgehead atoms. The zero-order valence-electron chi connectivity index (χ0n) is 10.9. The van der Waals surface area contributed by atoms with E-state index in [1.165, 1.54) is 31.2 Å². The van der Waals surface area contributed by atoms with Crippen molar-refractivity contribution in [1.29, 1.82) is 0 Å². The summed E-state index contributed by atoms with van der Waals surface area (Å²) in [6.07, 6.45) is 5.30. The van der Waals surface area contributed by atoms with Gasteiger partial charge in [0.25, 0.3) is 0 Å². The second kappa shape index (κ2) is 5.19.